The summed E-state index contributed by atoms with van der Waals surface area (Å²) in [6.07, 6.45) is 3.43. The summed E-state index contributed by atoms with van der Waals surface area (Å²) in [4.78, 5) is 25.5. The minimum absolute atomic E-state index is 0.0230. The number of amides is 1. The lowest BCUT2D eigenvalue weighted by atomic mass is 9.68. The van der Waals surface area contributed by atoms with Gasteiger partial charge in [0.05, 0.1) is 17.9 Å². The van der Waals surface area contributed by atoms with Gasteiger partial charge in [-0.15, -0.1) is 0 Å². The lowest BCUT2D eigenvalue weighted by molar-refractivity contribution is -0.158. The first-order valence-corrected chi connectivity index (χ1v) is 7.01. The van der Waals surface area contributed by atoms with Gasteiger partial charge < -0.3 is 14.7 Å². The minimum atomic E-state index is -0.741. The fourth-order valence-corrected chi connectivity index (χ4v) is 3.33. The van der Waals surface area contributed by atoms with Crippen molar-refractivity contribution >= 4 is 11.9 Å². The highest BCUT2D eigenvalue weighted by Crippen LogP contribution is 2.43. The van der Waals surface area contributed by atoms with E-state index in [1.165, 1.54) is 0 Å². The second-order valence-corrected chi connectivity index (χ2v) is 6.03. The first-order valence-electron chi connectivity index (χ1n) is 7.01. The van der Waals surface area contributed by atoms with Crippen LogP contribution in [0.1, 0.15) is 32.6 Å². The van der Waals surface area contributed by atoms with Crippen molar-refractivity contribution in [2.45, 2.75) is 32.6 Å². The third kappa shape index (κ3) is 2.61. The fourth-order valence-electron chi connectivity index (χ4n) is 3.33. The molecule has 0 aromatic heterocycles. The molecule has 19 heavy (non-hydrogen) atoms. The Hall–Kier alpha value is -1.10. The number of piperidine rings is 1. The normalized spacial score (nSPS) is 29.7. The Morgan fingerprint density at radius 1 is 1.42 bits per heavy atom. The van der Waals surface area contributed by atoms with E-state index in [9.17, 15) is 9.59 Å². The maximum Gasteiger partial charge on any atom is 0.306 e. The number of hydrogen-bond donors (Lipinski definition) is 1. The Bertz CT molecular complexity index is 364. The summed E-state index contributed by atoms with van der Waals surface area (Å²) in [5.74, 6) is -0.871. The van der Waals surface area contributed by atoms with Gasteiger partial charge in [-0.2, -0.15) is 0 Å². The molecule has 2 atom stereocenters. The first kappa shape index (κ1) is 14.3. The van der Waals surface area contributed by atoms with Crippen molar-refractivity contribution in [3.05, 3.63) is 0 Å². The van der Waals surface area contributed by atoms with Crippen LogP contribution in [0.25, 0.3) is 0 Å². The van der Waals surface area contributed by atoms with Gasteiger partial charge in [-0.3, -0.25) is 9.59 Å². The SMILES string of the molecule is COCC1(C(=O)N2CCC(C(=O)O)C(C)C2)CCC1. The molecule has 0 radical (unpaired) electrons. The molecule has 2 rings (SSSR count). The third-order valence-corrected chi connectivity index (χ3v) is 4.69. The van der Waals surface area contributed by atoms with E-state index < -0.39 is 5.97 Å². The van der Waals surface area contributed by atoms with Crippen molar-refractivity contribution in [2.75, 3.05) is 26.8 Å². The van der Waals surface area contributed by atoms with Gasteiger partial charge in [-0.1, -0.05) is 13.3 Å². The maximum atomic E-state index is 12.6. The van der Waals surface area contributed by atoms with Crippen LogP contribution in [-0.2, 0) is 14.3 Å². The molecular weight excluding hydrogens is 246 g/mol. The standard InChI is InChI=1S/C14H23NO4/c1-10-8-15(7-4-11(10)12(16)17)13(18)14(9-19-2)5-3-6-14/h10-11H,3-9H2,1-2H3,(H,16,17). The zero-order valence-electron chi connectivity index (χ0n) is 11.7. The molecule has 0 spiro atoms. The molecule has 5 heteroatoms. The van der Waals surface area contributed by atoms with Gasteiger partial charge in [0.1, 0.15) is 0 Å². The van der Waals surface area contributed by atoms with E-state index in [2.05, 4.69) is 0 Å². The second-order valence-electron chi connectivity index (χ2n) is 6.03. The summed E-state index contributed by atoms with van der Waals surface area (Å²) in [7, 11) is 1.63. The van der Waals surface area contributed by atoms with Gasteiger partial charge in [0.25, 0.3) is 0 Å². The van der Waals surface area contributed by atoms with E-state index in [4.69, 9.17) is 9.84 Å². The molecule has 1 N–H and O–H groups in total. The zero-order chi connectivity index (χ0) is 14.0. The van der Waals surface area contributed by atoms with Crippen LogP contribution in [0.2, 0.25) is 0 Å². The minimum Gasteiger partial charge on any atom is -0.481 e. The van der Waals surface area contributed by atoms with E-state index in [-0.39, 0.29) is 23.2 Å². The summed E-state index contributed by atoms with van der Waals surface area (Å²) in [6, 6.07) is 0. The summed E-state index contributed by atoms with van der Waals surface area (Å²) < 4.78 is 5.21. The molecule has 1 heterocycles. The van der Waals surface area contributed by atoms with Crippen LogP contribution in [0.3, 0.4) is 0 Å². The molecule has 1 amide bonds. The summed E-state index contributed by atoms with van der Waals surface area (Å²) in [6.45, 7) is 3.52. The van der Waals surface area contributed by atoms with Crippen LogP contribution in [0, 0.1) is 17.3 Å². The Morgan fingerprint density at radius 2 is 2.11 bits per heavy atom. The second kappa shape index (κ2) is 5.49. The number of likely N-dealkylation sites (tertiary alicyclic amines) is 1. The van der Waals surface area contributed by atoms with Crippen LogP contribution < -0.4 is 0 Å². The Balaban J connectivity index is 2.00. The Kier molecular flexibility index (Phi) is 4.13. The number of carboxylic acid groups (broad SMARTS) is 1. The van der Waals surface area contributed by atoms with Crippen LogP contribution in [0.15, 0.2) is 0 Å². The largest absolute Gasteiger partial charge is 0.481 e. The number of hydrogen-bond acceptors (Lipinski definition) is 3. The number of nitrogens with zero attached hydrogens (tertiary/aromatic N) is 1. The monoisotopic (exact) mass is 269 g/mol. The summed E-state index contributed by atoms with van der Waals surface area (Å²) >= 11 is 0. The molecule has 2 unspecified atom stereocenters. The number of ether oxygens (including phenoxy) is 1. The van der Waals surface area contributed by atoms with Crippen molar-refractivity contribution in [3.63, 3.8) is 0 Å². The quantitative estimate of drug-likeness (QED) is 0.837. The van der Waals surface area contributed by atoms with Crippen molar-refractivity contribution in [3.8, 4) is 0 Å². The smallest absolute Gasteiger partial charge is 0.306 e. The van der Waals surface area contributed by atoms with Crippen LogP contribution in [0.4, 0.5) is 0 Å². The maximum absolute atomic E-state index is 12.6. The molecule has 1 saturated heterocycles. The average molecular weight is 269 g/mol. The molecular formula is C14H23NO4. The van der Waals surface area contributed by atoms with E-state index in [0.717, 1.165) is 19.3 Å². The highest BCUT2D eigenvalue weighted by molar-refractivity contribution is 5.84. The van der Waals surface area contributed by atoms with Gasteiger partial charge in [-0.25, -0.2) is 0 Å². The highest BCUT2D eigenvalue weighted by atomic mass is 16.5. The topological polar surface area (TPSA) is 66.8 Å². The molecule has 2 aliphatic rings. The van der Waals surface area contributed by atoms with E-state index in [0.29, 0.717) is 26.1 Å². The van der Waals surface area contributed by atoms with Gasteiger partial charge in [0, 0.05) is 20.2 Å². The molecule has 0 aromatic rings. The number of carbonyl (C=O) groups is 2. The van der Waals surface area contributed by atoms with Crippen LogP contribution in [0.5, 0.6) is 0 Å². The highest BCUT2D eigenvalue weighted by Gasteiger charge is 2.47. The lowest BCUT2D eigenvalue weighted by Gasteiger charge is -2.45. The zero-order valence-corrected chi connectivity index (χ0v) is 11.7. The summed E-state index contributed by atoms with van der Waals surface area (Å²) in [5.41, 5.74) is -0.329. The summed E-state index contributed by atoms with van der Waals surface area (Å²) in [5, 5.41) is 9.11. The van der Waals surface area contributed by atoms with Crippen molar-refractivity contribution in [1.82, 2.24) is 4.90 Å². The van der Waals surface area contributed by atoms with Gasteiger partial charge >= 0.3 is 5.97 Å². The average Bonchev–Trinajstić information content (AvgIpc) is 2.32. The van der Waals surface area contributed by atoms with Crippen molar-refractivity contribution in [2.24, 2.45) is 17.3 Å². The third-order valence-electron chi connectivity index (χ3n) is 4.69. The molecule has 1 saturated carbocycles. The fraction of sp³-hybridized carbons (Fsp3) is 0.857. The molecule has 1 aliphatic carbocycles. The molecule has 108 valence electrons. The number of rotatable bonds is 4. The van der Waals surface area contributed by atoms with Crippen molar-refractivity contribution < 1.29 is 19.4 Å². The molecule has 2 fully saturated rings. The lowest BCUT2D eigenvalue weighted by Crippen LogP contribution is -2.54. The number of methoxy groups -OCH3 is 1. The van der Waals surface area contributed by atoms with Gasteiger partial charge in [0.2, 0.25) is 5.91 Å². The Labute approximate surface area is 113 Å². The Morgan fingerprint density at radius 3 is 2.53 bits per heavy atom. The number of aliphatic carboxylic acids is 1. The number of carbonyl (C=O) groups excluding carboxylic acids is 1. The van der Waals surface area contributed by atoms with E-state index in [1.54, 1.807) is 7.11 Å². The predicted octanol–water partition coefficient (Wildman–Crippen LogP) is 1.37. The van der Waals surface area contributed by atoms with Gasteiger partial charge in [-0.05, 0) is 25.2 Å². The molecule has 0 bridgehead atoms. The number of carboxylic acids is 1. The predicted molar refractivity (Wildman–Crippen MR) is 69.6 cm³/mol. The molecule has 1 aliphatic heterocycles. The first-order chi connectivity index (χ1) is 9.00. The van der Waals surface area contributed by atoms with Crippen LogP contribution in [-0.4, -0.2) is 48.7 Å². The van der Waals surface area contributed by atoms with Gasteiger partial charge in [0.15, 0.2) is 0 Å². The molecule has 0 aromatic carbocycles. The van der Waals surface area contributed by atoms with Crippen molar-refractivity contribution in [1.29, 1.82) is 0 Å². The van der Waals surface area contributed by atoms with Crippen LogP contribution >= 0.6 is 0 Å². The van der Waals surface area contributed by atoms with E-state index >= 15 is 0 Å². The van der Waals surface area contributed by atoms with E-state index in [1.807, 2.05) is 11.8 Å². The molecule has 5 nitrogen and oxygen atoms in total.